The van der Waals surface area contributed by atoms with Gasteiger partial charge in [-0.15, -0.1) is 24.0 Å². The van der Waals surface area contributed by atoms with E-state index >= 15 is 0 Å². The van der Waals surface area contributed by atoms with Crippen LogP contribution < -0.4 is 5.32 Å². The Labute approximate surface area is 190 Å². The molecule has 1 fully saturated rings. The lowest BCUT2D eigenvalue weighted by Gasteiger charge is -2.34. The summed E-state index contributed by atoms with van der Waals surface area (Å²) in [6.07, 6.45) is 3.18. The Morgan fingerprint density at radius 2 is 2.03 bits per heavy atom. The van der Waals surface area contributed by atoms with Crippen LogP contribution in [0.25, 0.3) is 0 Å². The van der Waals surface area contributed by atoms with Crippen LogP contribution >= 0.6 is 24.0 Å². The molecule has 0 radical (unpaired) electrons. The van der Waals surface area contributed by atoms with E-state index in [4.69, 9.17) is 18.6 Å². The summed E-state index contributed by atoms with van der Waals surface area (Å²) < 4.78 is 21.4. The smallest absolute Gasteiger partial charge is 0.341 e. The van der Waals surface area contributed by atoms with Gasteiger partial charge in [0.1, 0.15) is 23.6 Å². The standard InChI is InChI=1S/C20H33N3O5.HI/c1-5-21-20(22-14-17-13-18(15(2)28-17)19(24)26-4)23-9-7-16(8-10-23)27-12-6-11-25-3;/h13,16H,5-12,14H2,1-4H3,(H,21,22);1H. The maximum Gasteiger partial charge on any atom is 0.341 e. The fourth-order valence-corrected chi connectivity index (χ4v) is 3.20. The monoisotopic (exact) mass is 523 g/mol. The lowest BCUT2D eigenvalue weighted by atomic mass is 10.1. The zero-order valence-corrected chi connectivity index (χ0v) is 20.2. The number of ether oxygens (including phenoxy) is 3. The number of hydrogen-bond acceptors (Lipinski definition) is 6. The molecule has 1 N–H and O–H groups in total. The molecule has 1 aliphatic heterocycles. The molecule has 1 aromatic heterocycles. The number of esters is 1. The molecule has 29 heavy (non-hydrogen) atoms. The summed E-state index contributed by atoms with van der Waals surface area (Å²) in [7, 11) is 3.07. The average Bonchev–Trinajstić information content (AvgIpc) is 3.09. The van der Waals surface area contributed by atoms with Crippen LogP contribution in [0.1, 0.15) is 48.1 Å². The third-order valence-corrected chi connectivity index (χ3v) is 4.68. The second-order valence-corrected chi connectivity index (χ2v) is 6.75. The molecular formula is C20H34IN3O5. The van der Waals surface area contributed by atoms with E-state index in [1.54, 1.807) is 20.1 Å². The quantitative estimate of drug-likeness (QED) is 0.175. The largest absolute Gasteiger partial charge is 0.465 e. The van der Waals surface area contributed by atoms with E-state index in [9.17, 15) is 4.79 Å². The Morgan fingerprint density at radius 1 is 1.31 bits per heavy atom. The summed E-state index contributed by atoms with van der Waals surface area (Å²) in [5.74, 6) is 1.66. The number of nitrogens with one attached hydrogen (secondary N) is 1. The number of aliphatic imine (C=N–C) groups is 1. The van der Waals surface area contributed by atoms with E-state index in [0.717, 1.165) is 58.1 Å². The van der Waals surface area contributed by atoms with Crippen molar-refractivity contribution >= 4 is 35.9 Å². The predicted octanol–water partition coefficient (Wildman–Crippen LogP) is 2.98. The van der Waals surface area contributed by atoms with E-state index in [-0.39, 0.29) is 24.0 Å². The molecule has 0 atom stereocenters. The van der Waals surface area contributed by atoms with Gasteiger partial charge in [0.2, 0.25) is 0 Å². The average molecular weight is 523 g/mol. The molecule has 0 bridgehead atoms. The third-order valence-electron chi connectivity index (χ3n) is 4.68. The second kappa shape index (κ2) is 13.8. The van der Waals surface area contributed by atoms with Crippen LogP contribution in [0.4, 0.5) is 0 Å². The van der Waals surface area contributed by atoms with Crippen molar-refractivity contribution in [3.63, 3.8) is 0 Å². The Balaban J connectivity index is 0.00000420. The summed E-state index contributed by atoms with van der Waals surface area (Å²) in [4.78, 5) is 18.7. The molecule has 0 aliphatic carbocycles. The minimum Gasteiger partial charge on any atom is -0.465 e. The van der Waals surface area contributed by atoms with Crippen LogP contribution in [0, 0.1) is 6.92 Å². The molecule has 2 heterocycles. The summed E-state index contributed by atoms with van der Waals surface area (Å²) in [5.41, 5.74) is 0.448. The van der Waals surface area contributed by atoms with Gasteiger partial charge in [-0.2, -0.15) is 0 Å². The topological polar surface area (TPSA) is 85.5 Å². The van der Waals surface area contributed by atoms with Gasteiger partial charge in [0.05, 0.1) is 13.2 Å². The Kier molecular flexibility index (Phi) is 12.2. The maximum absolute atomic E-state index is 11.7. The highest BCUT2D eigenvalue weighted by Gasteiger charge is 2.22. The number of carbonyl (C=O) groups excluding carboxylic acids is 1. The number of nitrogens with zero attached hydrogens (tertiary/aromatic N) is 2. The number of methoxy groups -OCH3 is 2. The molecule has 8 nitrogen and oxygen atoms in total. The molecule has 0 spiro atoms. The van der Waals surface area contributed by atoms with Crippen LogP contribution in [-0.4, -0.2) is 70.0 Å². The SMILES string of the molecule is CCNC(=NCc1cc(C(=O)OC)c(C)o1)N1CCC(OCCCOC)CC1.I. The lowest BCUT2D eigenvalue weighted by Crippen LogP contribution is -2.47. The fraction of sp³-hybridized carbons (Fsp3) is 0.700. The number of aryl methyl sites for hydroxylation is 1. The van der Waals surface area contributed by atoms with E-state index < -0.39 is 5.97 Å². The van der Waals surface area contributed by atoms with Crippen LogP contribution in [0.3, 0.4) is 0 Å². The van der Waals surface area contributed by atoms with Gasteiger partial charge in [-0.05, 0) is 39.2 Å². The van der Waals surface area contributed by atoms with Crippen molar-refractivity contribution in [3.8, 4) is 0 Å². The molecule has 0 aromatic carbocycles. The minimum absolute atomic E-state index is 0. The highest BCUT2D eigenvalue weighted by Crippen LogP contribution is 2.18. The first kappa shape index (κ1) is 25.7. The van der Waals surface area contributed by atoms with Crippen LogP contribution in [0.2, 0.25) is 0 Å². The summed E-state index contributed by atoms with van der Waals surface area (Å²) in [6, 6.07) is 1.70. The van der Waals surface area contributed by atoms with E-state index in [2.05, 4.69) is 15.2 Å². The van der Waals surface area contributed by atoms with Gasteiger partial charge >= 0.3 is 5.97 Å². The molecule has 1 aromatic rings. The van der Waals surface area contributed by atoms with Crippen molar-refractivity contribution in [2.45, 2.75) is 45.8 Å². The van der Waals surface area contributed by atoms with Gasteiger partial charge in [0.25, 0.3) is 0 Å². The van der Waals surface area contributed by atoms with Crippen molar-refractivity contribution in [1.29, 1.82) is 0 Å². The molecule has 0 saturated carbocycles. The first-order chi connectivity index (χ1) is 13.6. The number of halogens is 1. The molecule has 0 amide bonds. The summed E-state index contributed by atoms with van der Waals surface area (Å²) in [6.45, 7) is 8.23. The molecule has 9 heteroatoms. The third kappa shape index (κ3) is 8.13. The van der Waals surface area contributed by atoms with Crippen molar-refractivity contribution in [2.75, 3.05) is 47.1 Å². The minimum atomic E-state index is -0.393. The molecule has 1 aliphatic rings. The van der Waals surface area contributed by atoms with Gasteiger partial charge in [-0.1, -0.05) is 0 Å². The van der Waals surface area contributed by atoms with Crippen molar-refractivity contribution in [1.82, 2.24) is 10.2 Å². The lowest BCUT2D eigenvalue weighted by molar-refractivity contribution is 0.00989. The number of carbonyl (C=O) groups is 1. The highest BCUT2D eigenvalue weighted by molar-refractivity contribution is 14.0. The zero-order valence-electron chi connectivity index (χ0n) is 17.9. The molecule has 166 valence electrons. The number of rotatable bonds is 9. The molecule has 0 unspecified atom stereocenters. The highest BCUT2D eigenvalue weighted by atomic mass is 127. The number of likely N-dealkylation sites (tertiary alicyclic amines) is 1. The fourth-order valence-electron chi connectivity index (χ4n) is 3.20. The van der Waals surface area contributed by atoms with Crippen molar-refractivity contribution in [2.24, 2.45) is 4.99 Å². The van der Waals surface area contributed by atoms with Gasteiger partial charge < -0.3 is 28.8 Å². The number of hydrogen-bond donors (Lipinski definition) is 1. The Morgan fingerprint density at radius 3 is 2.66 bits per heavy atom. The molecule has 2 rings (SSSR count). The Hall–Kier alpha value is -1.33. The first-order valence-electron chi connectivity index (χ1n) is 9.90. The normalized spacial score (nSPS) is 15.2. The number of piperidine rings is 1. The van der Waals surface area contributed by atoms with Gasteiger partial charge in [-0.3, -0.25) is 0 Å². The number of guanidine groups is 1. The molecular weight excluding hydrogens is 489 g/mol. The van der Waals surface area contributed by atoms with Crippen molar-refractivity contribution < 1.29 is 23.4 Å². The summed E-state index contributed by atoms with van der Waals surface area (Å²) in [5, 5.41) is 3.34. The van der Waals surface area contributed by atoms with Crippen molar-refractivity contribution in [3.05, 3.63) is 23.2 Å². The zero-order chi connectivity index (χ0) is 20.4. The Bertz CT molecular complexity index is 642. The van der Waals surface area contributed by atoms with Gasteiger partial charge in [0.15, 0.2) is 5.96 Å². The predicted molar refractivity (Wildman–Crippen MR) is 122 cm³/mol. The van der Waals surface area contributed by atoms with Crippen LogP contribution in [0.15, 0.2) is 15.5 Å². The van der Waals surface area contributed by atoms with Gasteiger partial charge in [-0.25, -0.2) is 9.79 Å². The summed E-state index contributed by atoms with van der Waals surface area (Å²) >= 11 is 0. The van der Waals surface area contributed by atoms with Crippen LogP contribution in [-0.2, 0) is 20.8 Å². The number of furan rings is 1. The van der Waals surface area contributed by atoms with E-state index in [1.807, 2.05) is 6.92 Å². The van der Waals surface area contributed by atoms with E-state index in [1.165, 1.54) is 7.11 Å². The molecule has 1 saturated heterocycles. The van der Waals surface area contributed by atoms with Crippen LogP contribution in [0.5, 0.6) is 0 Å². The van der Waals surface area contributed by atoms with E-state index in [0.29, 0.717) is 29.7 Å². The first-order valence-corrected chi connectivity index (χ1v) is 9.90. The van der Waals surface area contributed by atoms with Gasteiger partial charge in [0, 0.05) is 40.0 Å². The maximum atomic E-state index is 11.7. The second-order valence-electron chi connectivity index (χ2n) is 6.75.